The van der Waals surface area contributed by atoms with Gasteiger partial charge in [0, 0.05) is 11.4 Å². The summed E-state index contributed by atoms with van der Waals surface area (Å²) < 4.78 is 1.94. The van der Waals surface area contributed by atoms with Crippen LogP contribution in [0.5, 0.6) is 0 Å². The number of nitrogens with zero attached hydrogens (tertiary/aromatic N) is 3. The molecule has 15 heavy (non-hydrogen) atoms. The summed E-state index contributed by atoms with van der Waals surface area (Å²) in [4.78, 5) is 8.07. The standard InChI is InChI=1S/C10H13N5/c1-7-3-4-8(2)15(7)14-10-6-12-9(11)5-13-10/h3-6H,1-2H3,(H2,11,12)(H,13,14). The average molecular weight is 203 g/mol. The summed E-state index contributed by atoms with van der Waals surface area (Å²) in [5, 5.41) is 0. The Bertz CT molecular complexity index is 438. The van der Waals surface area contributed by atoms with Gasteiger partial charge in [-0.05, 0) is 26.0 Å². The molecule has 0 saturated heterocycles. The number of hydrogen-bond donors (Lipinski definition) is 2. The number of aromatic nitrogens is 3. The van der Waals surface area contributed by atoms with Gasteiger partial charge in [0.05, 0.1) is 12.4 Å². The summed E-state index contributed by atoms with van der Waals surface area (Å²) in [5.74, 6) is 1.09. The van der Waals surface area contributed by atoms with E-state index in [0.29, 0.717) is 11.6 Å². The van der Waals surface area contributed by atoms with Gasteiger partial charge < -0.3 is 5.73 Å². The Hall–Kier alpha value is -2.04. The highest BCUT2D eigenvalue weighted by atomic mass is 15.4. The molecule has 2 rings (SSSR count). The zero-order valence-corrected chi connectivity index (χ0v) is 8.73. The predicted octanol–water partition coefficient (Wildman–Crippen LogP) is 1.35. The van der Waals surface area contributed by atoms with E-state index in [2.05, 4.69) is 15.4 Å². The number of nitrogens with two attached hydrogens (primary N) is 1. The van der Waals surface area contributed by atoms with Crippen molar-refractivity contribution in [3.05, 3.63) is 35.9 Å². The molecule has 0 fully saturated rings. The highest BCUT2D eigenvalue weighted by Gasteiger charge is 2.01. The van der Waals surface area contributed by atoms with E-state index in [1.807, 2.05) is 30.7 Å². The molecule has 0 atom stereocenters. The van der Waals surface area contributed by atoms with Crippen LogP contribution < -0.4 is 11.2 Å². The minimum Gasteiger partial charge on any atom is -0.382 e. The van der Waals surface area contributed by atoms with E-state index < -0.39 is 0 Å². The Morgan fingerprint density at radius 2 is 1.80 bits per heavy atom. The third-order valence-electron chi connectivity index (χ3n) is 2.17. The zero-order valence-electron chi connectivity index (χ0n) is 8.73. The van der Waals surface area contributed by atoms with Crippen LogP contribution in [0.3, 0.4) is 0 Å². The van der Waals surface area contributed by atoms with Crippen LogP contribution in [0.25, 0.3) is 0 Å². The number of aryl methyl sites for hydroxylation is 2. The van der Waals surface area contributed by atoms with Gasteiger partial charge in [0.1, 0.15) is 5.82 Å². The second-order valence-corrected chi connectivity index (χ2v) is 3.39. The predicted molar refractivity (Wildman–Crippen MR) is 59.4 cm³/mol. The molecule has 0 spiro atoms. The maximum Gasteiger partial charge on any atom is 0.163 e. The maximum absolute atomic E-state index is 5.45. The van der Waals surface area contributed by atoms with Crippen molar-refractivity contribution in [2.75, 3.05) is 11.2 Å². The lowest BCUT2D eigenvalue weighted by molar-refractivity contribution is 0.868. The molecular formula is C10H13N5. The topological polar surface area (TPSA) is 68.8 Å². The molecule has 0 bridgehead atoms. The number of rotatable bonds is 2. The summed E-state index contributed by atoms with van der Waals surface area (Å²) in [6.07, 6.45) is 3.13. The molecule has 2 heterocycles. The van der Waals surface area contributed by atoms with Crippen LogP contribution in [0.1, 0.15) is 11.4 Å². The first kappa shape index (κ1) is 9.51. The Morgan fingerprint density at radius 3 is 2.33 bits per heavy atom. The molecule has 0 aliphatic carbocycles. The van der Waals surface area contributed by atoms with Crippen LogP contribution in [0.2, 0.25) is 0 Å². The lowest BCUT2D eigenvalue weighted by atomic mass is 10.5. The van der Waals surface area contributed by atoms with Crippen LogP contribution in [0.15, 0.2) is 24.5 Å². The van der Waals surface area contributed by atoms with Crippen LogP contribution in [-0.2, 0) is 0 Å². The fourth-order valence-electron chi connectivity index (χ4n) is 1.36. The van der Waals surface area contributed by atoms with Crippen molar-refractivity contribution in [2.45, 2.75) is 13.8 Å². The molecule has 5 heteroatoms. The fraction of sp³-hybridized carbons (Fsp3) is 0.200. The monoisotopic (exact) mass is 203 g/mol. The number of nitrogen functional groups attached to an aromatic ring is 1. The molecule has 0 aliphatic rings. The van der Waals surface area contributed by atoms with E-state index in [-0.39, 0.29) is 0 Å². The van der Waals surface area contributed by atoms with Gasteiger partial charge in [0.15, 0.2) is 5.82 Å². The average Bonchev–Trinajstić information content (AvgIpc) is 2.53. The van der Waals surface area contributed by atoms with Crippen molar-refractivity contribution in [2.24, 2.45) is 0 Å². The zero-order chi connectivity index (χ0) is 10.8. The van der Waals surface area contributed by atoms with E-state index in [4.69, 9.17) is 5.73 Å². The van der Waals surface area contributed by atoms with E-state index in [0.717, 1.165) is 11.4 Å². The van der Waals surface area contributed by atoms with Gasteiger partial charge in [-0.2, -0.15) is 0 Å². The summed E-state index contributed by atoms with van der Waals surface area (Å²) in [7, 11) is 0. The molecule has 0 saturated carbocycles. The van der Waals surface area contributed by atoms with Gasteiger partial charge in [-0.15, -0.1) is 0 Å². The number of nitrogens with one attached hydrogen (secondary N) is 1. The summed E-state index contributed by atoms with van der Waals surface area (Å²) in [6, 6.07) is 4.07. The summed E-state index contributed by atoms with van der Waals surface area (Å²) in [5.41, 5.74) is 10.8. The third-order valence-corrected chi connectivity index (χ3v) is 2.17. The second kappa shape index (κ2) is 3.61. The first-order valence-electron chi connectivity index (χ1n) is 4.66. The molecular weight excluding hydrogens is 190 g/mol. The van der Waals surface area contributed by atoms with E-state index >= 15 is 0 Å². The van der Waals surface area contributed by atoms with Crippen molar-refractivity contribution < 1.29 is 0 Å². The largest absolute Gasteiger partial charge is 0.382 e. The maximum atomic E-state index is 5.45. The van der Waals surface area contributed by atoms with Crippen LogP contribution >= 0.6 is 0 Å². The van der Waals surface area contributed by atoms with E-state index in [1.165, 1.54) is 6.20 Å². The minimum atomic E-state index is 0.418. The van der Waals surface area contributed by atoms with Crippen molar-refractivity contribution in [3.63, 3.8) is 0 Å². The molecule has 0 amide bonds. The molecule has 3 N–H and O–H groups in total. The lowest BCUT2D eigenvalue weighted by Crippen LogP contribution is -2.13. The van der Waals surface area contributed by atoms with Gasteiger partial charge in [-0.25, -0.2) is 9.97 Å². The minimum absolute atomic E-state index is 0.418. The smallest absolute Gasteiger partial charge is 0.163 e. The summed E-state index contributed by atoms with van der Waals surface area (Å²) in [6.45, 7) is 4.04. The van der Waals surface area contributed by atoms with Gasteiger partial charge in [0.2, 0.25) is 0 Å². The van der Waals surface area contributed by atoms with Crippen molar-refractivity contribution in [3.8, 4) is 0 Å². The first-order valence-corrected chi connectivity index (χ1v) is 4.66. The molecule has 5 nitrogen and oxygen atoms in total. The molecule has 78 valence electrons. The van der Waals surface area contributed by atoms with E-state index in [9.17, 15) is 0 Å². The van der Waals surface area contributed by atoms with Crippen molar-refractivity contribution in [1.82, 2.24) is 14.6 Å². The van der Waals surface area contributed by atoms with Gasteiger partial charge in [-0.1, -0.05) is 0 Å². The Morgan fingerprint density at radius 1 is 1.13 bits per heavy atom. The van der Waals surface area contributed by atoms with Crippen LogP contribution in [0.4, 0.5) is 11.6 Å². The molecule has 2 aromatic rings. The Kier molecular flexibility index (Phi) is 2.29. The number of hydrogen-bond acceptors (Lipinski definition) is 4. The molecule has 2 aromatic heterocycles. The second-order valence-electron chi connectivity index (χ2n) is 3.39. The highest BCUT2D eigenvalue weighted by molar-refractivity contribution is 5.37. The molecule has 0 unspecified atom stereocenters. The van der Waals surface area contributed by atoms with Crippen LogP contribution in [0, 0.1) is 13.8 Å². The first-order chi connectivity index (χ1) is 7.16. The summed E-state index contributed by atoms with van der Waals surface area (Å²) >= 11 is 0. The SMILES string of the molecule is Cc1ccc(C)n1Nc1cnc(N)cn1. The molecule has 0 radical (unpaired) electrons. The van der Waals surface area contributed by atoms with E-state index in [1.54, 1.807) is 6.20 Å². The number of anilines is 2. The van der Waals surface area contributed by atoms with Crippen molar-refractivity contribution >= 4 is 11.6 Å². The molecule has 0 aliphatic heterocycles. The van der Waals surface area contributed by atoms with Crippen molar-refractivity contribution in [1.29, 1.82) is 0 Å². The lowest BCUT2D eigenvalue weighted by Gasteiger charge is -2.11. The quantitative estimate of drug-likeness (QED) is 0.773. The van der Waals surface area contributed by atoms with Gasteiger partial charge in [0.25, 0.3) is 0 Å². The van der Waals surface area contributed by atoms with Gasteiger partial charge in [-0.3, -0.25) is 10.1 Å². The fourth-order valence-corrected chi connectivity index (χ4v) is 1.36. The van der Waals surface area contributed by atoms with Crippen LogP contribution in [-0.4, -0.2) is 14.6 Å². The highest BCUT2D eigenvalue weighted by Crippen LogP contribution is 2.09. The normalized spacial score (nSPS) is 10.3. The Balaban J connectivity index is 2.25. The van der Waals surface area contributed by atoms with Gasteiger partial charge >= 0.3 is 0 Å². The third kappa shape index (κ3) is 1.90. The Labute approximate surface area is 87.9 Å². The molecule has 0 aromatic carbocycles.